The van der Waals surface area contributed by atoms with E-state index in [1.165, 1.54) is 0 Å². The maximum atomic E-state index is 12.0. The number of hydrogen-bond donors (Lipinski definition) is 0. The number of rotatable bonds is 6. The summed E-state index contributed by atoms with van der Waals surface area (Å²) in [5, 5.41) is 7.49. The van der Waals surface area contributed by atoms with Crippen LogP contribution in [0.5, 0.6) is 5.75 Å². The van der Waals surface area contributed by atoms with Crippen molar-refractivity contribution in [1.82, 2.24) is 15.3 Å². The van der Waals surface area contributed by atoms with Crippen molar-refractivity contribution >= 4 is 5.97 Å². The Balaban J connectivity index is 1.52. The number of esters is 1. The van der Waals surface area contributed by atoms with Gasteiger partial charge in [0.05, 0.1) is 5.56 Å². The summed E-state index contributed by atoms with van der Waals surface area (Å²) in [6.07, 6.45) is 0. The highest BCUT2D eigenvalue weighted by molar-refractivity contribution is 5.89. The summed E-state index contributed by atoms with van der Waals surface area (Å²) in [5.41, 5.74) is 0.981. The molecule has 0 spiro atoms. The molecule has 0 fully saturated rings. The number of benzene rings is 1. The van der Waals surface area contributed by atoms with E-state index >= 15 is 0 Å². The van der Waals surface area contributed by atoms with Gasteiger partial charge in [0.15, 0.2) is 6.61 Å². The summed E-state index contributed by atoms with van der Waals surface area (Å²) < 4.78 is 20.4. The lowest BCUT2D eigenvalue weighted by Crippen LogP contribution is -2.05. The van der Waals surface area contributed by atoms with E-state index in [0.717, 1.165) is 0 Å². The average molecular weight is 329 g/mol. The molecule has 0 aliphatic rings. The highest BCUT2D eigenvalue weighted by Gasteiger charge is 2.10. The molecule has 0 aliphatic heterocycles. The van der Waals surface area contributed by atoms with E-state index in [2.05, 4.69) is 15.3 Å². The molecule has 0 atom stereocenters. The van der Waals surface area contributed by atoms with Crippen molar-refractivity contribution in [3.63, 3.8) is 0 Å². The maximum Gasteiger partial charge on any atom is 0.338 e. The molecule has 2 aromatic heterocycles. The molecule has 2 heterocycles. The van der Waals surface area contributed by atoms with Gasteiger partial charge in [0.1, 0.15) is 23.8 Å². The topological polar surface area (TPSA) is 100 Å². The largest absolute Gasteiger partial charge is 0.485 e. The van der Waals surface area contributed by atoms with Gasteiger partial charge in [0.2, 0.25) is 11.7 Å². The van der Waals surface area contributed by atoms with E-state index in [1.807, 2.05) is 0 Å². The van der Waals surface area contributed by atoms with E-state index in [1.54, 1.807) is 44.2 Å². The molecule has 0 radical (unpaired) electrons. The van der Waals surface area contributed by atoms with Crippen LogP contribution in [0, 0.1) is 13.8 Å². The molecule has 3 rings (SSSR count). The number of aryl methyl sites for hydroxylation is 2. The molecule has 0 saturated heterocycles. The van der Waals surface area contributed by atoms with Gasteiger partial charge in [-0.3, -0.25) is 0 Å². The number of carbonyl (C=O) groups excluding carboxylic acids is 1. The first-order chi connectivity index (χ1) is 11.6. The van der Waals surface area contributed by atoms with E-state index < -0.39 is 5.97 Å². The second-order valence-corrected chi connectivity index (χ2v) is 5.05. The Morgan fingerprint density at radius 1 is 1.08 bits per heavy atom. The molecule has 0 bridgehead atoms. The van der Waals surface area contributed by atoms with E-state index in [4.69, 9.17) is 18.5 Å². The highest BCUT2D eigenvalue weighted by atomic mass is 16.5. The third-order valence-electron chi connectivity index (χ3n) is 3.06. The molecule has 0 N–H and O–H groups in total. The van der Waals surface area contributed by atoms with Crippen molar-refractivity contribution in [2.75, 3.05) is 0 Å². The molecule has 0 saturated carbocycles. The number of nitrogens with zero attached hydrogens (tertiary/aromatic N) is 3. The molecule has 3 aromatic rings. The summed E-state index contributed by atoms with van der Waals surface area (Å²) in [6, 6.07) is 8.29. The van der Waals surface area contributed by atoms with Crippen molar-refractivity contribution in [2.24, 2.45) is 0 Å². The minimum atomic E-state index is -0.448. The van der Waals surface area contributed by atoms with Crippen LogP contribution in [0.4, 0.5) is 0 Å². The lowest BCUT2D eigenvalue weighted by atomic mass is 10.2. The molecular weight excluding hydrogens is 314 g/mol. The normalized spacial score (nSPS) is 10.6. The molecule has 0 aliphatic carbocycles. The first-order valence-electron chi connectivity index (χ1n) is 7.21. The van der Waals surface area contributed by atoms with Gasteiger partial charge < -0.3 is 18.5 Å². The number of ether oxygens (including phenoxy) is 2. The van der Waals surface area contributed by atoms with Crippen molar-refractivity contribution in [3.8, 4) is 5.75 Å². The van der Waals surface area contributed by atoms with Gasteiger partial charge in [0.25, 0.3) is 0 Å². The zero-order valence-corrected chi connectivity index (χ0v) is 13.2. The monoisotopic (exact) mass is 329 g/mol. The van der Waals surface area contributed by atoms with Crippen LogP contribution in [0.15, 0.2) is 39.4 Å². The number of aromatic nitrogens is 3. The minimum absolute atomic E-state index is 0.0611. The van der Waals surface area contributed by atoms with E-state index in [9.17, 15) is 4.79 Å². The van der Waals surface area contributed by atoms with Crippen molar-refractivity contribution in [2.45, 2.75) is 27.1 Å². The fraction of sp³-hybridized carbons (Fsp3) is 0.250. The Morgan fingerprint density at radius 3 is 2.50 bits per heavy atom. The predicted octanol–water partition coefficient (Wildman–Crippen LogP) is 2.61. The fourth-order valence-corrected chi connectivity index (χ4v) is 1.94. The van der Waals surface area contributed by atoms with Gasteiger partial charge in [-0.2, -0.15) is 4.98 Å². The van der Waals surface area contributed by atoms with E-state index in [0.29, 0.717) is 34.5 Å². The standard InChI is InChI=1S/C16H15N3O5/c1-10-7-13(18-23-10)8-22-16(20)12-3-5-14(6-4-12)21-9-15-17-11(2)24-19-15/h3-7H,8-9H2,1-2H3. The third kappa shape index (κ3) is 3.97. The van der Waals surface area contributed by atoms with Crippen LogP contribution in [0.2, 0.25) is 0 Å². The van der Waals surface area contributed by atoms with Crippen molar-refractivity contribution < 1.29 is 23.3 Å². The van der Waals surface area contributed by atoms with Crippen LogP contribution >= 0.6 is 0 Å². The summed E-state index contributed by atoms with van der Waals surface area (Å²) in [7, 11) is 0. The van der Waals surface area contributed by atoms with Crippen LogP contribution < -0.4 is 4.74 Å². The van der Waals surface area contributed by atoms with Gasteiger partial charge >= 0.3 is 5.97 Å². The smallest absolute Gasteiger partial charge is 0.338 e. The van der Waals surface area contributed by atoms with Gasteiger partial charge in [-0.05, 0) is 31.2 Å². The Kier molecular flexibility index (Phi) is 4.55. The fourth-order valence-electron chi connectivity index (χ4n) is 1.94. The van der Waals surface area contributed by atoms with Crippen LogP contribution in [0.25, 0.3) is 0 Å². The Morgan fingerprint density at radius 2 is 1.88 bits per heavy atom. The summed E-state index contributed by atoms with van der Waals surface area (Å²) in [4.78, 5) is 16.0. The summed E-state index contributed by atoms with van der Waals surface area (Å²) in [5.74, 6) is 1.74. The zero-order valence-electron chi connectivity index (χ0n) is 13.2. The SMILES string of the molecule is Cc1cc(COC(=O)c2ccc(OCc3noc(C)n3)cc2)no1. The summed E-state index contributed by atoms with van der Waals surface area (Å²) >= 11 is 0. The van der Waals surface area contributed by atoms with Crippen LogP contribution in [-0.2, 0) is 18.0 Å². The molecule has 0 unspecified atom stereocenters. The minimum Gasteiger partial charge on any atom is -0.485 e. The van der Waals surface area contributed by atoms with Crippen molar-refractivity contribution in [1.29, 1.82) is 0 Å². The van der Waals surface area contributed by atoms with E-state index in [-0.39, 0.29) is 13.2 Å². The molecule has 0 amide bonds. The number of hydrogen-bond acceptors (Lipinski definition) is 8. The predicted molar refractivity (Wildman–Crippen MR) is 80.2 cm³/mol. The van der Waals surface area contributed by atoms with Crippen molar-refractivity contribution in [3.05, 3.63) is 59.1 Å². The molecule has 24 heavy (non-hydrogen) atoms. The second-order valence-electron chi connectivity index (χ2n) is 5.05. The van der Waals surface area contributed by atoms with Gasteiger partial charge in [-0.1, -0.05) is 10.3 Å². The first-order valence-corrected chi connectivity index (χ1v) is 7.21. The van der Waals surface area contributed by atoms with Gasteiger partial charge in [-0.25, -0.2) is 4.79 Å². The molecule has 1 aromatic carbocycles. The average Bonchev–Trinajstić information content (AvgIpc) is 3.19. The van der Waals surface area contributed by atoms with Crippen LogP contribution in [0.3, 0.4) is 0 Å². The van der Waals surface area contributed by atoms with Crippen LogP contribution in [0.1, 0.15) is 33.5 Å². The summed E-state index contributed by atoms with van der Waals surface area (Å²) in [6.45, 7) is 3.72. The van der Waals surface area contributed by atoms with Crippen LogP contribution in [-0.4, -0.2) is 21.3 Å². The third-order valence-corrected chi connectivity index (χ3v) is 3.06. The zero-order chi connectivity index (χ0) is 16.9. The Bertz CT molecular complexity index is 822. The van der Waals surface area contributed by atoms with Gasteiger partial charge in [0, 0.05) is 13.0 Å². The Labute approximate surface area is 137 Å². The molecule has 124 valence electrons. The number of carbonyl (C=O) groups is 1. The lowest BCUT2D eigenvalue weighted by molar-refractivity contribution is 0.0464. The quantitative estimate of drug-likeness (QED) is 0.636. The Hall–Kier alpha value is -3.16. The molecule has 8 nitrogen and oxygen atoms in total. The molecule has 8 heteroatoms. The van der Waals surface area contributed by atoms with Gasteiger partial charge in [-0.15, -0.1) is 0 Å². The highest BCUT2D eigenvalue weighted by Crippen LogP contribution is 2.15. The maximum absolute atomic E-state index is 12.0. The molecular formula is C16H15N3O5. The first kappa shape index (κ1) is 15.7. The second kappa shape index (κ2) is 6.95. The lowest BCUT2D eigenvalue weighted by Gasteiger charge is -2.05.